The molecule has 0 fully saturated rings. The van der Waals surface area contributed by atoms with Crippen molar-refractivity contribution < 1.29 is 0 Å². The average molecular weight is 268 g/mol. The van der Waals surface area contributed by atoms with E-state index in [1.54, 1.807) is 11.3 Å². The molecule has 0 saturated heterocycles. The normalized spacial score (nSPS) is 12.7. The number of nitrogens with zero attached hydrogens (tertiary/aromatic N) is 1. The highest BCUT2D eigenvalue weighted by Crippen LogP contribution is 2.26. The fourth-order valence-electron chi connectivity index (χ4n) is 2.32. The standard InChI is InChI=1S/C16H16N2S/c1-11-6-7-16(19-11)14(17)10-12-8-9-18-15-5-3-2-4-13(12)15/h2-9,14H,10,17H2,1H3. The maximum Gasteiger partial charge on any atom is 0.0704 e. The van der Waals surface area contributed by atoms with Crippen LogP contribution in [0.2, 0.25) is 0 Å². The van der Waals surface area contributed by atoms with Gasteiger partial charge in [0.25, 0.3) is 0 Å². The molecule has 2 nitrogen and oxygen atoms in total. The molecule has 2 aromatic heterocycles. The lowest BCUT2D eigenvalue weighted by Crippen LogP contribution is -2.12. The molecule has 3 aromatic rings. The number of thiophene rings is 1. The minimum absolute atomic E-state index is 0.0597. The number of aryl methyl sites for hydroxylation is 1. The molecule has 1 unspecified atom stereocenters. The Balaban J connectivity index is 1.93. The lowest BCUT2D eigenvalue weighted by atomic mass is 10.0. The molecule has 2 heterocycles. The SMILES string of the molecule is Cc1ccc(C(N)Cc2ccnc3ccccc23)s1. The molecule has 2 N–H and O–H groups in total. The first-order valence-corrected chi connectivity index (χ1v) is 7.20. The highest BCUT2D eigenvalue weighted by molar-refractivity contribution is 7.12. The van der Waals surface area contributed by atoms with Gasteiger partial charge in [0.05, 0.1) is 5.52 Å². The van der Waals surface area contributed by atoms with Crippen molar-refractivity contribution in [2.45, 2.75) is 19.4 Å². The van der Waals surface area contributed by atoms with Gasteiger partial charge in [-0.1, -0.05) is 18.2 Å². The molecule has 1 aromatic carbocycles. The fraction of sp³-hybridized carbons (Fsp3) is 0.188. The highest BCUT2D eigenvalue weighted by Gasteiger charge is 2.11. The van der Waals surface area contributed by atoms with Crippen LogP contribution in [-0.2, 0) is 6.42 Å². The van der Waals surface area contributed by atoms with E-state index in [-0.39, 0.29) is 6.04 Å². The van der Waals surface area contributed by atoms with E-state index < -0.39 is 0 Å². The zero-order chi connectivity index (χ0) is 13.2. The van der Waals surface area contributed by atoms with Crippen molar-refractivity contribution >= 4 is 22.2 Å². The maximum absolute atomic E-state index is 6.32. The number of aromatic nitrogens is 1. The van der Waals surface area contributed by atoms with Crippen LogP contribution in [0.25, 0.3) is 10.9 Å². The Hall–Kier alpha value is -1.71. The molecule has 0 saturated carbocycles. The number of pyridine rings is 1. The summed E-state index contributed by atoms with van der Waals surface area (Å²) in [7, 11) is 0. The van der Waals surface area contributed by atoms with Gasteiger partial charge in [-0.3, -0.25) is 4.98 Å². The van der Waals surface area contributed by atoms with Gasteiger partial charge in [-0.2, -0.15) is 0 Å². The van der Waals surface area contributed by atoms with E-state index in [9.17, 15) is 0 Å². The van der Waals surface area contributed by atoms with Crippen LogP contribution in [0.1, 0.15) is 21.4 Å². The molecule has 3 rings (SSSR count). The maximum atomic E-state index is 6.32. The number of benzene rings is 1. The first-order valence-electron chi connectivity index (χ1n) is 6.38. The molecule has 3 heteroatoms. The van der Waals surface area contributed by atoms with Gasteiger partial charge in [0.1, 0.15) is 0 Å². The summed E-state index contributed by atoms with van der Waals surface area (Å²) in [5.41, 5.74) is 8.63. The van der Waals surface area contributed by atoms with Gasteiger partial charge < -0.3 is 5.73 Å². The predicted molar refractivity (Wildman–Crippen MR) is 81.4 cm³/mol. The Morgan fingerprint density at radius 2 is 2.00 bits per heavy atom. The Bertz CT molecular complexity index is 697. The third kappa shape index (κ3) is 2.53. The Morgan fingerprint density at radius 1 is 1.16 bits per heavy atom. The number of hydrogen-bond acceptors (Lipinski definition) is 3. The number of para-hydroxylation sites is 1. The van der Waals surface area contributed by atoms with E-state index in [2.05, 4.69) is 36.2 Å². The molecule has 1 atom stereocenters. The first-order chi connectivity index (χ1) is 9.24. The van der Waals surface area contributed by atoms with Crippen molar-refractivity contribution in [1.82, 2.24) is 4.98 Å². The van der Waals surface area contributed by atoms with Crippen LogP contribution < -0.4 is 5.73 Å². The van der Waals surface area contributed by atoms with Crippen molar-refractivity contribution in [3.05, 3.63) is 64.0 Å². The van der Waals surface area contributed by atoms with Crippen molar-refractivity contribution in [2.75, 3.05) is 0 Å². The Labute approximate surface area is 116 Å². The molecule has 19 heavy (non-hydrogen) atoms. The smallest absolute Gasteiger partial charge is 0.0704 e. The van der Waals surface area contributed by atoms with Gasteiger partial charge in [-0.25, -0.2) is 0 Å². The number of nitrogens with two attached hydrogens (primary N) is 1. The average Bonchev–Trinajstić information content (AvgIpc) is 2.86. The highest BCUT2D eigenvalue weighted by atomic mass is 32.1. The Morgan fingerprint density at radius 3 is 2.79 bits per heavy atom. The lowest BCUT2D eigenvalue weighted by molar-refractivity contribution is 0.740. The minimum Gasteiger partial charge on any atom is -0.323 e. The van der Waals surface area contributed by atoms with Crippen LogP contribution in [0.15, 0.2) is 48.7 Å². The van der Waals surface area contributed by atoms with E-state index in [0.29, 0.717) is 0 Å². The van der Waals surface area contributed by atoms with Crippen LogP contribution in [-0.4, -0.2) is 4.98 Å². The van der Waals surface area contributed by atoms with Crippen LogP contribution >= 0.6 is 11.3 Å². The van der Waals surface area contributed by atoms with Crippen molar-refractivity contribution in [3.63, 3.8) is 0 Å². The molecular formula is C16H16N2S. The largest absolute Gasteiger partial charge is 0.323 e. The summed E-state index contributed by atoms with van der Waals surface area (Å²) in [6, 6.07) is 14.6. The predicted octanol–water partition coefficient (Wildman–Crippen LogP) is 3.85. The third-order valence-corrected chi connectivity index (χ3v) is 4.44. The number of hydrogen-bond donors (Lipinski definition) is 1. The molecule has 0 amide bonds. The molecule has 0 aliphatic rings. The van der Waals surface area contributed by atoms with Gasteiger partial charge in [-0.15, -0.1) is 11.3 Å². The van der Waals surface area contributed by atoms with Crippen molar-refractivity contribution in [2.24, 2.45) is 5.73 Å². The summed E-state index contributed by atoms with van der Waals surface area (Å²) in [6.45, 7) is 2.11. The molecule has 0 aliphatic heterocycles. The van der Waals surface area contributed by atoms with E-state index in [4.69, 9.17) is 5.73 Å². The van der Waals surface area contributed by atoms with E-state index >= 15 is 0 Å². The number of fused-ring (bicyclic) bond motifs is 1. The topological polar surface area (TPSA) is 38.9 Å². The Kier molecular flexibility index (Phi) is 3.32. The van der Waals surface area contributed by atoms with E-state index in [0.717, 1.165) is 11.9 Å². The second-order valence-corrected chi connectivity index (χ2v) is 6.07. The zero-order valence-electron chi connectivity index (χ0n) is 10.8. The molecule has 0 spiro atoms. The first kappa shape index (κ1) is 12.3. The summed E-state index contributed by atoms with van der Waals surface area (Å²) in [5, 5.41) is 1.20. The third-order valence-electron chi connectivity index (χ3n) is 3.31. The monoisotopic (exact) mass is 268 g/mol. The lowest BCUT2D eigenvalue weighted by Gasteiger charge is -2.11. The van der Waals surface area contributed by atoms with Gasteiger partial charge >= 0.3 is 0 Å². The second-order valence-electron chi connectivity index (χ2n) is 4.75. The molecule has 96 valence electrons. The van der Waals surface area contributed by atoms with E-state index in [1.807, 2.05) is 24.4 Å². The van der Waals surface area contributed by atoms with Crippen LogP contribution in [0.4, 0.5) is 0 Å². The second kappa shape index (κ2) is 5.11. The minimum atomic E-state index is 0.0597. The molecular weight excluding hydrogens is 252 g/mol. The fourth-order valence-corrected chi connectivity index (χ4v) is 3.20. The summed E-state index contributed by atoms with van der Waals surface area (Å²) in [4.78, 5) is 6.95. The zero-order valence-corrected chi connectivity index (χ0v) is 11.7. The summed E-state index contributed by atoms with van der Waals surface area (Å²) < 4.78 is 0. The summed E-state index contributed by atoms with van der Waals surface area (Å²) in [5.74, 6) is 0. The van der Waals surface area contributed by atoms with Crippen molar-refractivity contribution in [3.8, 4) is 0 Å². The van der Waals surface area contributed by atoms with Gasteiger partial charge in [0, 0.05) is 27.4 Å². The van der Waals surface area contributed by atoms with Crippen LogP contribution in [0, 0.1) is 6.92 Å². The van der Waals surface area contributed by atoms with Crippen molar-refractivity contribution in [1.29, 1.82) is 0 Å². The molecule has 0 aliphatic carbocycles. The quantitative estimate of drug-likeness (QED) is 0.783. The van der Waals surface area contributed by atoms with Gasteiger partial charge in [-0.05, 0) is 43.2 Å². The van der Waals surface area contributed by atoms with Crippen LogP contribution in [0.3, 0.4) is 0 Å². The number of rotatable bonds is 3. The van der Waals surface area contributed by atoms with E-state index in [1.165, 1.54) is 20.7 Å². The summed E-state index contributed by atoms with van der Waals surface area (Å²) >= 11 is 1.78. The summed E-state index contributed by atoms with van der Waals surface area (Å²) in [6.07, 6.45) is 2.72. The van der Waals surface area contributed by atoms with Gasteiger partial charge in [0.2, 0.25) is 0 Å². The van der Waals surface area contributed by atoms with Gasteiger partial charge in [0.15, 0.2) is 0 Å². The van der Waals surface area contributed by atoms with Crippen LogP contribution in [0.5, 0.6) is 0 Å². The molecule has 0 radical (unpaired) electrons. The molecule has 0 bridgehead atoms.